The summed E-state index contributed by atoms with van der Waals surface area (Å²) in [6, 6.07) is 0. The summed E-state index contributed by atoms with van der Waals surface area (Å²) in [6.07, 6.45) is 1.41. The second-order valence-electron chi connectivity index (χ2n) is 2.86. The molecule has 15 heavy (non-hydrogen) atoms. The number of carboxylic acids is 1. The van der Waals surface area contributed by atoms with Crippen molar-refractivity contribution in [3.63, 3.8) is 0 Å². The molecule has 0 aromatic carbocycles. The summed E-state index contributed by atoms with van der Waals surface area (Å²) in [5, 5.41) is 17.4. The summed E-state index contributed by atoms with van der Waals surface area (Å²) in [5.74, 6) is -1.32. The summed E-state index contributed by atoms with van der Waals surface area (Å²) in [6.45, 7) is -0.254. The summed E-state index contributed by atoms with van der Waals surface area (Å²) < 4.78 is 1.38. The predicted molar refractivity (Wildman–Crippen MR) is 52.7 cm³/mol. The highest BCUT2D eigenvalue weighted by Gasteiger charge is 2.15. The van der Waals surface area contributed by atoms with Crippen LogP contribution in [0.1, 0.15) is 10.5 Å². The van der Waals surface area contributed by atoms with Gasteiger partial charge in [-0.15, -0.1) is 0 Å². The molecular formula is C8H12N4O3. The number of nitrogens with one attached hydrogen (secondary N) is 2. The van der Waals surface area contributed by atoms with Gasteiger partial charge in [0, 0.05) is 14.1 Å². The van der Waals surface area contributed by atoms with Crippen LogP contribution in [-0.4, -0.2) is 40.4 Å². The van der Waals surface area contributed by atoms with Crippen molar-refractivity contribution in [2.75, 3.05) is 18.9 Å². The number of aliphatic carboxylic acids is 1. The van der Waals surface area contributed by atoms with Crippen LogP contribution in [0.15, 0.2) is 6.20 Å². The minimum absolute atomic E-state index is 0.254. The Morgan fingerprint density at radius 3 is 2.80 bits per heavy atom. The van der Waals surface area contributed by atoms with Gasteiger partial charge in [-0.25, -0.2) is 0 Å². The Hall–Kier alpha value is -2.05. The van der Waals surface area contributed by atoms with E-state index in [9.17, 15) is 9.59 Å². The first-order valence-corrected chi connectivity index (χ1v) is 4.26. The average molecular weight is 212 g/mol. The van der Waals surface area contributed by atoms with Crippen LogP contribution in [0.25, 0.3) is 0 Å². The second kappa shape index (κ2) is 4.45. The van der Waals surface area contributed by atoms with E-state index in [0.29, 0.717) is 11.4 Å². The Morgan fingerprint density at radius 1 is 1.60 bits per heavy atom. The topological polar surface area (TPSA) is 96.2 Å². The van der Waals surface area contributed by atoms with Crippen molar-refractivity contribution in [1.29, 1.82) is 0 Å². The van der Waals surface area contributed by atoms with Gasteiger partial charge in [0.1, 0.15) is 12.2 Å². The fourth-order valence-corrected chi connectivity index (χ4v) is 1.13. The number of anilines is 1. The van der Waals surface area contributed by atoms with Crippen molar-refractivity contribution >= 4 is 17.6 Å². The zero-order valence-electron chi connectivity index (χ0n) is 8.44. The summed E-state index contributed by atoms with van der Waals surface area (Å²) in [7, 11) is 3.10. The van der Waals surface area contributed by atoms with Gasteiger partial charge in [-0.2, -0.15) is 5.10 Å². The van der Waals surface area contributed by atoms with Gasteiger partial charge in [0.2, 0.25) is 0 Å². The second-order valence-corrected chi connectivity index (χ2v) is 2.86. The molecule has 1 aromatic heterocycles. The number of nitrogens with zero attached hydrogens (tertiary/aromatic N) is 2. The molecule has 0 unspecified atom stereocenters. The van der Waals surface area contributed by atoms with E-state index >= 15 is 0 Å². The van der Waals surface area contributed by atoms with Crippen LogP contribution < -0.4 is 10.6 Å². The average Bonchev–Trinajstić information content (AvgIpc) is 2.55. The molecule has 1 amide bonds. The van der Waals surface area contributed by atoms with E-state index in [1.54, 1.807) is 7.05 Å². The summed E-state index contributed by atoms with van der Waals surface area (Å²) in [4.78, 5) is 21.7. The van der Waals surface area contributed by atoms with E-state index in [1.807, 2.05) is 0 Å². The lowest BCUT2D eigenvalue weighted by Gasteiger charge is -2.05. The molecule has 0 spiro atoms. The third-order valence-corrected chi connectivity index (χ3v) is 1.81. The van der Waals surface area contributed by atoms with Crippen LogP contribution in [0.4, 0.5) is 5.69 Å². The van der Waals surface area contributed by atoms with Crippen LogP contribution >= 0.6 is 0 Å². The van der Waals surface area contributed by atoms with Crippen molar-refractivity contribution in [2.24, 2.45) is 7.05 Å². The van der Waals surface area contributed by atoms with Crippen molar-refractivity contribution < 1.29 is 14.7 Å². The first-order valence-electron chi connectivity index (χ1n) is 4.26. The Balaban J connectivity index is 2.88. The molecule has 7 nitrogen and oxygen atoms in total. The molecule has 1 aromatic rings. The van der Waals surface area contributed by atoms with Crippen LogP contribution in [-0.2, 0) is 11.8 Å². The smallest absolute Gasteiger partial charge is 0.322 e. The number of hydrogen-bond acceptors (Lipinski definition) is 4. The van der Waals surface area contributed by atoms with Crippen molar-refractivity contribution in [2.45, 2.75) is 0 Å². The summed E-state index contributed by atoms with van der Waals surface area (Å²) in [5.41, 5.74) is 0.706. The number of aromatic nitrogens is 2. The molecule has 0 fully saturated rings. The van der Waals surface area contributed by atoms with Gasteiger partial charge < -0.3 is 15.7 Å². The molecule has 0 aliphatic rings. The number of carboxylic acid groups (broad SMARTS) is 1. The fraction of sp³-hybridized carbons (Fsp3) is 0.375. The lowest BCUT2D eigenvalue weighted by Crippen LogP contribution is -2.23. The van der Waals surface area contributed by atoms with Gasteiger partial charge >= 0.3 is 5.97 Å². The minimum Gasteiger partial charge on any atom is -0.480 e. The Labute approximate surface area is 86.1 Å². The molecule has 0 saturated heterocycles. The lowest BCUT2D eigenvalue weighted by atomic mass is 10.3. The normalized spacial score (nSPS) is 9.73. The first kappa shape index (κ1) is 11.0. The molecule has 0 aliphatic heterocycles. The van der Waals surface area contributed by atoms with Gasteiger partial charge in [0.05, 0.1) is 11.9 Å². The Kier molecular flexibility index (Phi) is 3.27. The summed E-state index contributed by atoms with van der Waals surface area (Å²) >= 11 is 0. The zero-order valence-corrected chi connectivity index (χ0v) is 8.44. The number of hydrogen-bond donors (Lipinski definition) is 3. The number of carbonyl (C=O) groups excluding carboxylic acids is 1. The monoisotopic (exact) mass is 212 g/mol. The van der Waals surface area contributed by atoms with Crippen molar-refractivity contribution in [1.82, 2.24) is 15.1 Å². The van der Waals surface area contributed by atoms with Crippen molar-refractivity contribution in [3.8, 4) is 0 Å². The van der Waals surface area contributed by atoms with Crippen molar-refractivity contribution in [3.05, 3.63) is 11.9 Å². The standard InChI is InChI=1S/C8H12N4O3/c1-9-8(15)7-5(3-11-12(7)2)10-4-6(13)14/h3,10H,4H2,1-2H3,(H,9,15)(H,13,14). The zero-order chi connectivity index (χ0) is 11.4. The van der Waals surface area contributed by atoms with Gasteiger partial charge in [0.15, 0.2) is 0 Å². The molecule has 7 heteroatoms. The van der Waals surface area contributed by atoms with Gasteiger partial charge in [-0.1, -0.05) is 0 Å². The molecule has 0 atom stereocenters. The highest BCUT2D eigenvalue weighted by Crippen LogP contribution is 2.13. The van der Waals surface area contributed by atoms with Crippen LogP contribution in [0, 0.1) is 0 Å². The third kappa shape index (κ3) is 2.46. The maximum atomic E-state index is 11.4. The maximum absolute atomic E-state index is 11.4. The number of carbonyl (C=O) groups is 2. The molecule has 82 valence electrons. The Morgan fingerprint density at radius 2 is 2.27 bits per heavy atom. The number of amides is 1. The predicted octanol–water partition coefficient (Wildman–Crippen LogP) is -0.724. The highest BCUT2D eigenvalue weighted by molar-refractivity contribution is 5.98. The van der Waals surface area contributed by atoms with E-state index in [2.05, 4.69) is 15.7 Å². The fourth-order valence-electron chi connectivity index (χ4n) is 1.13. The van der Waals surface area contributed by atoms with E-state index in [0.717, 1.165) is 0 Å². The number of rotatable bonds is 4. The van der Waals surface area contributed by atoms with E-state index in [-0.39, 0.29) is 12.5 Å². The molecule has 3 N–H and O–H groups in total. The minimum atomic E-state index is -0.998. The SMILES string of the molecule is CNC(=O)c1c(NCC(=O)O)cnn1C. The quantitative estimate of drug-likeness (QED) is 0.611. The molecule has 0 radical (unpaired) electrons. The molecule has 1 rings (SSSR count). The van der Waals surface area contributed by atoms with Gasteiger partial charge in [-0.05, 0) is 0 Å². The molecule has 0 saturated carbocycles. The van der Waals surface area contributed by atoms with E-state index < -0.39 is 5.97 Å². The Bertz CT molecular complexity index is 385. The maximum Gasteiger partial charge on any atom is 0.322 e. The highest BCUT2D eigenvalue weighted by atomic mass is 16.4. The molecule has 1 heterocycles. The first-order chi connectivity index (χ1) is 7.06. The molecular weight excluding hydrogens is 200 g/mol. The number of aryl methyl sites for hydroxylation is 1. The van der Waals surface area contributed by atoms with E-state index in [1.165, 1.54) is 17.9 Å². The molecule has 0 bridgehead atoms. The van der Waals surface area contributed by atoms with Crippen LogP contribution in [0.3, 0.4) is 0 Å². The van der Waals surface area contributed by atoms with Crippen LogP contribution in [0.5, 0.6) is 0 Å². The van der Waals surface area contributed by atoms with E-state index in [4.69, 9.17) is 5.11 Å². The van der Waals surface area contributed by atoms with Crippen LogP contribution in [0.2, 0.25) is 0 Å². The lowest BCUT2D eigenvalue weighted by molar-refractivity contribution is -0.134. The molecule has 0 aliphatic carbocycles. The van der Waals surface area contributed by atoms with Gasteiger partial charge in [0.25, 0.3) is 5.91 Å². The third-order valence-electron chi connectivity index (χ3n) is 1.81. The van der Waals surface area contributed by atoms with Gasteiger partial charge in [-0.3, -0.25) is 14.3 Å². The largest absolute Gasteiger partial charge is 0.480 e.